The molecule has 0 aliphatic heterocycles. The molecule has 0 heterocycles. The van der Waals surface area contributed by atoms with E-state index in [0.717, 1.165) is 18.2 Å². The molecule has 0 aromatic heterocycles. The minimum atomic E-state index is -4.54. The summed E-state index contributed by atoms with van der Waals surface area (Å²) < 4.78 is 43.2. The van der Waals surface area contributed by atoms with Crippen molar-refractivity contribution < 1.29 is 27.5 Å². The van der Waals surface area contributed by atoms with Crippen LogP contribution in [0.25, 0.3) is 0 Å². The Morgan fingerprint density at radius 1 is 1.27 bits per heavy atom. The van der Waals surface area contributed by atoms with Crippen LogP contribution in [0.2, 0.25) is 5.02 Å². The van der Waals surface area contributed by atoms with Gasteiger partial charge in [0.1, 0.15) is 5.75 Å². The quantitative estimate of drug-likeness (QED) is 0.593. The van der Waals surface area contributed by atoms with Crippen LogP contribution in [0, 0.1) is 0 Å². The van der Waals surface area contributed by atoms with Crippen LogP contribution in [0.3, 0.4) is 0 Å². The van der Waals surface area contributed by atoms with Crippen molar-refractivity contribution in [3.63, 3.8) is 0 Å². The Balaban J connectivity index is 1.94. The molecule has 138 valence electrons. The fourth-order valence-electron chi connectivity index (χ4n) is 1.95. The van der Waals surface area contributed by atoms with Crippen LogP contribution in [0.15, 0.2) is 47.6 Å². The second-order valence-electron chi connectivity index (χ2n) is 4.99. The van der Waals surface area contributed by atoms with Crippen molar-refractivity contribution in [3.8, 4) is 5.75 Å². The maximum Gasteiger partial charge on any atom is 0.416 e. The second-order valence-corrected chi connectivity index (χ2v) is 5.40. The number of carbonyl (C=O) groups is 1. The molecule has 0 saturated heterocycles. The smallest absolute Gasteiger partial charge is 0.416 e. The van der Waals surface area contributed by atoms with Gasteiger partial charge in [0, 0.05) is 5.56 Å². The fourth-order valence-corrected chi connectivity index (χ4v) is 2.11. The minimum absolute atomic E-state index is 0.0242. The molecule has 0 atom stereocenters. The number of halogens is 4. The van der Waals surface area contributed by atoms with E-state index in [0.29, 0.717) is 11.3 Å². The van der Waals surface area contributed by atoms with Crippen molar-refractivity contribution in [2.24, 2.45) is 5.16 Å². The molecule has 1 amide bonds. The van der Waals surface area contributed by atoms with E-state index < -0.39 is 24.3 Å². The molecule has 0 unspecified atom stereocenters. The number of oxime groups is 1. The highest BCUT2D eigenvalue weighted by Crippen LogP contribution is 2.33. The lowest BCUT2D eigenvalue weighted by Gasteiger charge is -2.11. The number of hydrogen-bond donors (Lipinski definition) is 1. The summed E-state index contributed by atoms with van der Waals surface area (Å²) in [7, 11) is 1.50. The van der Waals surface area contributed by atoms with E-state index in [1.54, 1.807) is 24.3 Å². The molecular weight excluding hydrogens is 373 g/mol. The zero-order valence-electron chi connectivity index (χ0n) is 13.5. The Bertz CT molecular complexity index is 810. The van der Waals surface area contributed by atoms with E-state index in [4.69, 9.17) is 21.2 Å². The van der Waals surface area contributed by atoms with Gasteiger partial charge < -0.3 is 14.9 Å². The van der Waals surface area contributed by atoms with E-state index in [2.05, 4.69) is 10.5 Å². The fraction of sp³-hybridized carbons (Fsp3) is 0.176. The molecular formula is C17H14ClF3N2O3. The van der Waals surface area contributed by atoms with Crippen LogP contribution in [0.1, 0.15) is 11.1 Å². The third-order valence-corrected chi connectivity index (χ3v) is 3.50. The zero-order valence-corrected chi connectivity index (χ0v) is 14.3. The van der Waals surface area contributed by atoms with Gasteiger partial charge in [-0.1, -0.05) is 28.9 Å². The lowest BCUT2D eigenvalue weighted by Crippen LogP contribution is -2.18. The topological polar surface area (TPSA) is 59.9 Å². The maximum atomic E-state index is 12.7. The number of alkyl halides is 3. The van der Waals surface area contributed by atoms with Crippen LogP contribution in [0.5, 0.6) is 5.75 Å². The average molecular weight is 387 g/mol. The van der Waals surface area contributed by atoms with E-state index >= 15 is 0 Å². The summed E-state index contributed by atoms with van der Waals surface area (Å²) in [5.41, 5.74) is -0.451. The number of nitrogens with zero attached hydrogens (tertiary/aromatic N) is 1. The number of benzene rings is 2. The van der Waals surface area contributed by atoms with Crippen molar-refractivity contribution in [1.82, 2.24) is 0 Å². The molecule has 0 saturated carbocycles. The SMILES string of the molecule is COc1ccccc1/C=N\OCC(=O)Nc1cc(C(F)(F)F)ccc1Cl. The molecule has 0 bridgehead atoms. The molecule has 1 N–H and O–H groups in total. The van der Waals surface area contributed by atoms with Gasteiger partial charge in [0.05, 0.1) is 29.6 Å². The number of carbonyl (C=O) groups excluding carboxylic acids is 1. The minimum Gasteiger partial charge on any atom is -0.496 e. The molecule has 0 spiro atoms. The first-order chi connectivity index (χ1) is 12.3. The maximum absolute atomic E-state index is 12.7. The lowest BCUT2D eigenvalue weighted by molar-refractivity contribution is -0.137. The molecule has 26 heavy (non-hydrogen) atoms. The molecule has 0 aliphatic carbocycles. The number of nitrogens with one attached hydrogen (secondary N) is 1. The van der Waals surface area contributed by atoms with Crippen LogP contribution in [-0.4, -0.2) is 25.8 Å². The Hall–Kier alpha value is -2.74. The van der Waals surface area contributed by atoms with Gasteiger partial charge in [0.2, 0.25) is 0 Å². The Labute approximate surface area is 152 Å². The molecule has 0 fully saturated rings. The monoisotopic (exact) mass is 386 g/mol. The van der Waals surface area contributed by atoms with Gasteiger partial charge in [0.25, 0.3) is 5.91 Å². The third-order valence-electron chi connectivity index (χ3n) is 3.17. The second kappa shape index (κ2) is 8.57. The zero-order chi connectivity index (χ0) is 19.2. The van der Waals surface area contributed by atoms with E-state index in [9.17, 15) is 18.0 Å². The van der Waals surface area contributed by atoms with Crippen molar-refractivity contribution in [2.45, 2.75) is 6.18 Å². The summed E-state index contributed by atoms with van der Waals surface area (Å²) in [4.78, 5) is 16.6. The number of hydrogen-bond acceptors (Lipinski definition) is 4. The van der Waals surface area contributed by atoms with Gasteiger partial charge in [-0.25, -0.2) is 0 Å². The molecule has 0 radical (unpaired) electrons. The van der Waals surface area contributed by atoms with Gasteiger partial charge in [-0.3, -0.25) is 4.79 Å². The number of anilines is 1. The van der Waals surface area contributed by atoms with E-state index in [1.807, 2.05) is 0 Å². The summed E-state index contributed by atoms with van der Waals surface area (Å²) >= 11 is 5.80. The van der Waals surface area contributed by atoms with Gasteiger partial charge in [0.15, 0.2) is 6.61 Å². The predicted octanol–water partition coefficient (Wildman–Crippen LogP) is 4.36. The highest BCUT2D eigenvalue weighted by Gasteiger charge is 2.31. The predicted molar refractivity (Wildman–Crippen MR) is 91.6 cm³/mol. The number of amides is 1. The number of methoxy groups -OCH3 is 1. The third kappa shape index (κ3) is 5.38. The van der Waals surface area contributed by atoms with Gasteiger partial charge >= 0.3 is 6.18 Å². The summed E-state index contributed by atoms with van der Waals surface area (Å²) in [5.74, 6) is -0.136. The summed E-state index contributed by atoms with van der Waals surface area (Å²) in [6.45, 7) is -0.502. The molecule has 2 aromatic rings. The molecule has 9 heteroatoms. The Morgan fingerprint density at radius 3 is 2.69 bits per heavy atom. The van der Waals surface area contributed by atoms with E-state index in [-0.39, 0.29) is 10.7 Å². The van der Waals surface area contributed by atoms with Crippen molar-refractivity contribution in [2.75, 3.05) is 19.0 Å². The Morgan fingerprint density at radius 2 is 2.00 bits per heavy atom. The summed E-state index contributed by atoms with van der Waals surface area (Å²) in [6, 6.07) is 9.64. The first-order valence-corrected chi connectivity index (χ1v) is 7.64. The number of para-hydroxylation sites is 1. The van der Waals surface area contributed by atoms with Gasteiger partial charge in [-0.05, 0) is 30.3 Å². The van der Waals surface area contributed by atoms with Crippen molar-refractivity contribution in [1.29, 1.82) is 0 Å². The first kappa shape index (κ1) is 19.6. The first-order valence-electron chi connectivity index (χ1n) is 7.26. The van der Waals surface area contributed by atoms with Crippen LogP contribution in [-0.2, 0) is 15.8 Å². The number of ether oxygens (including phenoxy) is 1. The molecule has 5 nitrogen and oxygen atoms in total. The molecule has 2 aromatic carbocycles. The standard InChI is InChI=1S/C17H14ClF3N2O3/c1-25-15-5-3-2-4-11(15)9-22-26-10-16(24)23-14-8-12(17(19,20)21)6-7-13(14)18/h2-9H,10H2,1H3,(H,23,24)/b22-9-. The Kier molecular flexibility index (Phi) is 6.46. The van der Waals surface area contributed by atoms with Crippen molar-refractivity contribution in [3.05, 3.63) is 58.6 Å². The number of rotatable bonds is 6. The van der Waals surface area contributed by atoms with Gasteiger partial charge in [-0.15, -0.1) is 0 Å². The normalized spacial score (nSPS) is 11.4. The highest BCUT2D eigenvalue weighted by molar-refractivity contribution is 6.33. The summed E-state index contributed by atoms with van der Waals surface area (Å²) in [5, 5.41) is 5.86. The average Bonchev–Trinajstić information content (AvgIpc) is 2.60. The van der Waals surface area contributed by atoms with E-state index in [1.165, 1.54) is 13.3 Å². The lowest BCUT2D eigenvalue weighted by atomic mass is 10.2. The largest absolute Gasteiger partial charge is 0.496 e. The molecule has 2 rings (SSSR count). The van der Waals surface area contributed by atoms with Crippen molar-refractivity contribution >= 4 is 29.4 Å². The van der Waals surface area contributed by atoms with Crippen LogP contribution >= 0.6 is 11.6 Å². The highest BCUT2D eigenvalue weighted by atomic mass is 35.5. The van der Waals surface area contributed by atoms with Crippen LogP contribution < -0.4 is 10.1 Å². The molecule has 0 aliphatic rings. The van der Waals surface area contributed by atoms with Crippen LogP contribution in [0.4, 0.5) is 18.9 Å². The van der Waals surface area contributed by atoms with Gasteiger partial charge in [-0.2, -0.15) is 13.2 Å². The summed E-state index contributed by atoms with van der Waals surface area (Å²) in [6.07, 6.45) is -3.19.